The summed E-state index contributed by atoms with van der Waals surface area (Å²) in [6.45, 7) is 2.33. The van der Waals surface area contributed by atoms with Gasteiger partial charge in [-0.25, -0.2) is 4.98 Å². The minimum Gasteiger partial charge on any atom is -0.507 e. The van der Waals surface area contributed by atoms with Crippen LogP contribution in [0.5, 0.6) is 11.5 Å². The molecule has 1 aromatic heterocycles. The monoisotopic (exact) mass is 466 g/mol. The predicted molar refractivity (Wildman–Crippen MR) is 125 cm³/mol. The summed E-state index contributed by atoms with van der Waals surface area (Å²) in [5.74, 6) is 0.985. The fraction of sp³-hybridized carbons (Fsp3) is 0.480. The maximum atomic E-state index is 12.0. The topological polar surface area (TPSA) is 127 Å². The Morgan fingerprint density at radius 3 is 2.56 bits per heavy atom. The van der Waals surface area contributed by atoms with Crippen molar-refractivity contribution in [3.8, 4) is 22.8 Å². The number of ether oxygens (including phenoxy) is 1. The lowest BCUT2D eigenvalue weighted by Crippen LogP contribution is -2.30. The Labute approximate surface area is 198 Å². The number of nitrogens with zero attached hydrogens (tertiary/aromatic N) is 2. The molecule has 0 atom stereocenters. The number of amides is 2. The second-order valence-electron chi connectivity index (χ2n) is 9.24. The summed E-state index contributed by atoms with van der Waals surface area (Å²) >= 11 is 0. The lowest BCUT2D eigenvalue weighted by atomic mass is 9.86. The van der Waals surface area contributed by atoms with Gasteiger partial charge in [-0.05, 0) is 74.4 Å². The zero-order chi connectivity index (χ0) is 23.7. The largest absolute Gasteiger partial charge is 0.507 e. The number of pyridine rings is 1. The highest BCUT2D eigenvalue weighted by Gasteiger charge is 2.31. The quantitative estimate of drug-likeness (QED) is 0.507. The Kier molecular flexibility index (Phi) is 6.38. The van der Waals surface area contributed by atoms with E-state index in [-0.39, 0.29) is 48.7 Å². The number of nitrogens with one attached hydrogen (secondary N) is 1. The molecular formula is C25H30N4O5. The molecule has 180 valence electrons. The summed E-state index contributed by atoms with van der Waals surface area (Å²) in [6.07, 6.45) is 4.45. The molecule has 2 saturated heterocycles. The van der Waals surface area contributed by atoms with Gasteiger partial charge in [-0.3, -0.25) is 14.4 Å². The maximum Gasteiger partial charge on any atom is 0.254 e. The molecule has 4 N–H and O–H groups in total. The van der Waals surface area contributed by atoms with Gasteiger partial charge in [0, 0.05) is 18.4 Å². The third kappa shape index (κ3) is 4.71. The van der Waals surface area contributed by atoms with Crippen molar-refractivity contribution in [1.29, 1.82) is 0 Å². The summed E-state index contributed by atoms with van der Waals surface area (Å²) < 4.78 is 6.03. The van der Waals surface area contributed by atoms with Gasteiger partial charge in [0.05, 0.1) is 17.9 Å². The van der Waals surface area contributed by atoms with Crippen LogP contribution >= 0.6 is 0 Å². The number of anilines is 1. The minimum atomic E-state index is -0.344. The van der Waals surface area contributed by atoms with Gasteiger partial charge in [0.2, 0.25) is 0 Å². The lowest BCUT2D eigenvalue weighted by Gasteiger charge is -2.27. The number of benzene rings is 1. The molecule has 0 spiro atoms. The van der Waals surface area contributed by atoms with Gasteiger partial charge in [0.25, 0.3) is 11.8 Å². The summed E-state index contributed by atoms with van der Waals surface area (Å²) in [5, 5.41) is 14.9. The minimum absolute atomic E-state index is 0.0261. The van der Waals surface area contributed by atoms with E-state index in [1.807, 2.05) is 12.1 Å². The highest BCUT2D eigenvalue weighted by atomic mass is 16.7. The van der Waals surface area contributed by atoms with Crippen LogP contribution < -0.4 is 15.8 Å². The molecule has 2 amide bonds. The first-order valence-corrected chi connectivity index (χ1v) is 11.9. The molecule has 34 heavy (non-hydrogen) atoms. The molecule has 1 saturated carbocycles. The van der Waals surface area contributed by atoms with Crippen molar-refractivity contribution in [3.05, 3.63) is 35.4 Å². The van der Waals surface area contributed by atoms with Gasteiger partial charge in [-0.2, -0.15) is 5.06 Å². The number of hydrogen-bond acceptors (Lipinski definition) is 8. The highest BCUT2D eigenvalue weighted by molar-refractivity contribution is 6.00. The van der Waals surface area contributed by atoms with Crippen LogP contribution in [0.2, 0.25) is 0 Å². The van der Waals surface area contributed by atoms with Crippen LogP contribution in [0.4, 0.5) is 5.82 Å². The molecular weight excluding hydrogens is 436 g/mol. The average Bonchev–Trinajstić information content (AvgIpc) is 3.61. The molecule has 5 rings (SSSR count). The zero-order valence-corrected chi connectivity index (χ0v) is 19.1. The molecule has 2 aromatic rings. The lowest BCUT2D eigenvalue weighted by molar-refractivity contribution is -0.191. The number of hydrogen-bond donors (Lipinski definition) is 3. The summed E-state index contributed by atoms with van der Waals surface area (Å²) in [5.41, 5.74) is 9.11. The fourth-order valence-corrected chi connectivity index (χ4v) is 4.61. The molecule has 0 unspecified atom stereocenters. The Bertz CT molecular complexity index is 1080. The van der Waals surface area contributed by atoms with Gasteiger partial charge in [-0.15, -0.1) is 0 Å². The first kappa shape index (κ1) is 22.6. The van der Waals surface area contributed by atoms with Crippen LogP contribution in [-0.4, -0.2) is 46.7 Å². The molecule has 1 aliphatic carbocycles. The molecule has 2 aliphatic heterocycles. The van der Waals surface area contributed by atoms with Gasteiger partial charge < -0.3 is 20.9 Å². The third-order valence-electron chi connectivity index (χ3n) is 6.75. The van der Waals surface area contributed by atoms with Crippen LogP contribution in [0.1, 0.15) is 55.6 Å². The number of aromatic hydroxyl groups is 1. The van der Waals surface area contributed by atoms with Crippen LogP contribution in [-0.2, 0) is 21.0 Å². The first-order chi connectivity index (χ1) is 16.5. The number of aromatic nitrogens is 1. The standard InChI is InChI=1S/C25H30N4O5/c26-25-18(14-34-29-22(31)6-7-23(29)32)17(16-8-10-27-11-9-16)12-19(28-25)24-20(30)2-1-3-21(24)33-13-15-4-5-15/h1-3,12,15-16,27,30H,4-11,13-14H2,(H2,26,28). The second kappa shape index (κ2) is 9.60. The number of phenols is 1. The Balaban J connectivity index is 1.50. The second-order valence-corrected chi connectivity index (χ2v) is 9.24. The van der Waals surface area contributed by atoms with E-state index in [4.69, 9.17) is 15.3 Å². The van der Waals surface area contributed by atoms with Crippen molar-refractivity contribution in [2.24, 2.45) is 5.92 Å². The van der Waals surface area contributed by atoms with E-state index in [1.54, 1.807) is 12.1 Å². The normalized spacial score (nSPS) is 19.1. The van der Waals surface area contributed by atoms with E-state index in [1.165, 1.54) is 0 Å². The molecule has 9 nitrogen and oxygen atoms in total. The van der Waals surface area contributed by atoms with Crippen LogP contribution in [0, 0.1) is 5.92 Å². The van der Waals surface area contributed by atoms with Gasteiger partial charge in [-0.1, -0.05) is 6.07 Å². The van der Waals surface area contributed by atoms with Crippen molar-refractivity contribution >= 4 is 17.6 Å². The number of carbonyl (C=O) groups is 2. The van der Waals surface area contributed by atoms with Crippen molar-refractivity contribution in [2.75, 3.05) is 25.4 Å². The molecule has 1 aromatic carbocycles. The Hall–Kier alpha value is -3.17. The average molecular weight is 467 g/mol. The summed E-state index contributed by atoms with van der Waals surface area (Å²) in [7, 11) is 0. The van der Waals surface area contributed by atoms with Gasteiger partial charge in [0.15, 0.2) is 0 Å². The number of nitrogens with two attached hydrogens (primary N) is 1. The first-order valence-electron chi connectivity index (χ1n) is 11.9. The zero-order valence-electron chi connectivity index (χ0n) is 19.1. The number of nitrogen functional groups attached to an aromatic ring is 1. The van der Waals surface area contributed by atoms with E-state index < -0.39 is 0 Å². The van der Waals surface area contributed by atoms with Crippen molar-refractivity contribution < 1.29 is 24.3 Å². The number of phenolic OH excluding ortho intramolecular Hbond substituents is 1. The molecule has 0 bridgehead atoms. The van der Waals surface area contributed by atoms with E-state index in [9.17, 15) is 14.7 Å². The van der Waals surface area contributed by atoms with Gasteiger partial charge >= 0.3 is 0 Å². The maximum absolute atomic E-state index is 12.0. The Morgan fingerprint density at radius 1 is 1.12 bits per heavy atom. The number of rotatable bonds is 8. The van der Waals surface area contributed by atoms with Crippen LogP contribution in [0.3, 0.4) is 0 Å². The number of carbonyl (C=O) groups excluding carboxylic acids is 2. The molecule has 9 heteroatoms. The number of hydroxylamine groups is 2. The van der Waals surface area contributed by atoms with E-state index in [0.29, 0.717) is 35.1 Å². The van der Waals surface area contributed by atoms with Crippen LogP contribution in [0.15, 0.2) is 24.3 Å². The van der Waals surface area contributed by atoms with Crippen molar-refractivity contribution in [2.45, 2.75) is 51.0 Å². The Morgan fingerprint density at radius 2 is 1.85 bits per heavy atom. The van der Waals surface area contributed by atoms with E-state index >= 15 is 0 Å². The van der Waals surface area contributed by atoms with Crippen LogP contribution in [0.25, 0.3) is 11.3 Å². The summed E-state index contributed by atoms with van der Waals surface area (Å²) in [6, 6.07) is 7.15. The highest BCUT2D eigenvalue weighted by Crippen LogP contribution is 2.41. The smallest absolute Gasteiger partial charge is 0.254 e. The van der Waals surface area contributed by atoms with Crippen molar-refractivity contribution in [1.82, 2.24) is 15.4 Å². The molecule has 3 heterocycles. The number of piperidine rings is 1. The van der Waals surface area contributed by atoms with E-state index in [0.717, 1.165) is 49.4 Å². The van der Waals surface area contributed by atoms with Crippen molar-refractivity contribution in [3.63, 3.8) is 0 Å². The molecule has 3 fully saturated rings. The number of imide groups is 1. The predicted octanol–water partition coefficient (Wildman–Crippen LogP) is 2.87. The van der Waals surface area contributed by atoms with Gasteiger partial charge in [0.1, 0.15) is 23.9 Å². The SMILES string of the molecule is Nc1nc(-c2c(O)cccc2OCC2CC2)cc(C2CCNCC2)c1CON1C(=O)CCC1=O. The third-order valence-corrected chi connectivity index (χ3v) is 6.75. The fourth-order valence-electron chi connectivity index (χ4n) is 4.61. The molecule has 0 radical (unpaired) electrons. The molecule has 3 aliphatic rings. The van der Waals surface area contributed by atoms with E-state index in [2.05, 4.69) is 10.3 Å². The summed E-state index contributed by atoms with van der Waals surface area (Å²) in [4.78, 5) is 34.2.